The number of rotatable bonds is 3. The van der Waals surface area contributed by atoms with Gasteiger partial charge in [0.1, 0.15) is 24.5 Å². The quantitative estimate of drug-likeness (QED) is 0.572. The summed E-state index contributed by atoms with van der Waals surface area (Å²) >= 11 is 0. The lowest BCUT2D eigenvalue weighted by molar-refractivity contribution is 0.129. The third-order valence-electron chi connectivity index (χ3n) is 1.60. The lowest BCUT2D eigenvalue weighted by atomic mass is 10.00. The van der Waals surface area contributed by atoms with Crippen molar-refractivity contribution in [1.82, 2.24) is 0 Å². The van der Waals surface area contributed by atoms with Gasteiger partial charge in [0.25, 0.3) is 0 Å². The normalized spacial score (nSPS) is 12.1. The van der Waals surface area contributed by atoms with Crippen LogP contribution >= 0.6 is 0 Å². The van der Waals surface area contributed by atoms with E-state index in [1.165, 1.54) is 12.1 Å². The summed E-state index contributed by atoms with van der Waals surface area (Å²) in [6, 6.07) is 3.22. The molecule has 4 heteroatoms. The molecule has 0 N–H and O–H groups in total. The number of hydrogen-bond donors (Lipinski definition) is 0. The largest absolute Gasteiger partial charge is 0.391 e. The van der Waals surface area contributed by atoms with Gasteiger partial charge in [-0.15, -0.1) is 0 Å². The molecule has 0 saturated carbocycles. The highest BCUT2D eigenvalue weighted by Crippen LogP contribution is 2.11. The molecule has 0 aliphatic rings. The summed E-state index contributed by atoms with van der Waals surface area (Å²) < 4.78 is 25.6. The molecule has 1 aromatic rings. The van der Waals surface area contributed by atoms with Crippen LogP contribution in [0.4, 0.5) is 8.78 Å². The summed E-state index contributed by atoms with van der Waals surface area (Å²) in [6.45, 7) is 5.78. The SMILES string of the molecule is CC(C)(C)/[C]=N\OCc1cc(F)cc(F)c1. The van der Waals surface area contributed by atoms with Crippen LogP contribution in [-0.4, -0.2) is 6.21 Å². The number of benzene rings is 1. The molecule has 0 bridgehead atoms. The molecule has 1 radical (unpaired) electrons. The van der Waals surface area contributed by atoms with Crippen LogP contribution in [0.3, 0.4) is 0 Å². The van der Waals surface area contributed by atoms with E-state index in [1.54, 1.807) is 0 Å². The van der Waals surface area contributed by atoms with Crippen molar-refractivity contribution in [3.8, 4) is 0 Å². The summed E-state index contributed by atoms with van der Waals surface area (Å²) in [5, 5.41) is 3.60. The summed E-state index contributed by atoms with van der Waals surface area (Å²) in [5.41, 5.74) is 0.199. The zero-order valence-electron chi connectivity index (χ0n) is 9.55. The lowest BCUT2D eigenvalue weighted by Gasteiger charge is -2.08. The molecule has 1 aromatic carbocycles. The van der Waals surface area contributed by atoms with Gasteiger partial charge in [-0.1, -0.05) is 25.9 Å². The molecule has 0 heterocycles. The maximum absolute atomic E-state index is 12.8. The van der Waals surface area contributed by atoms with Crippen LogP contribution in [0.25, 0.3) is 0 Å². The first kappa shape index (κ1) is 12.6. The van der Waals surface area contributed by atoms with Crippen molar-refractivity contribution < 1.29 is 13.6 Å². The van der Waals surface area contributed by atoms with Crippen molar-refractivity contribution in [2.75, 3.05) is 0 Å². The molecule has 2 nitrogen and oxygen atoms in total. The third kappa shape index (κ3) is 4.87. The fourth-order valence-corrected chi connectivity index (χ4v) is 0.970. The second kappa shape index (κ2) is 5.05. The zero-order valence-corrected chi connectivity index (χ0v) is 9.55. The standard InChI is InChI=1S/C12H14F2NO/c1-12(2,3)8-15-16-7-9-4-10(13)6-11(14)5-9/h4-6H,7H2,1-3H3. The van der Waals surface area contributed by atoms with E-state index < -0.39 is 11.6 Å². The Balaban J connectivity index is 2.52. The number of hydrogen-bond acceptors (Lipinski definition) is 2. The fourth-order valence-electron chi connectivity index (χ4n) is 0.970. The minimum absolute atomic E-state index is 0.0256. The topological polar surface area (TPSA) is 21.6 Å². The van der Waals surface area contributed by atoms with Crippen molar-refractivity contribution >= 4 is 6.21 Å². The highest BCUT2D eigenvalue weighted by Gasteiger charge is 2.06. The molecule has 0 aliphatic carbocycles. The van der Waals surface area contributed by atoms with Gasteiger partial charge in [0.2, 0.25) is 0 Å². The molecule has 0 amide bonds. The van der Waals surface area contributed by atoms with E-state index in [0.717, 1.165) is 6.07 Å². The second-order valence-corrected chi connectivity index (χ2v) is 4.50. The van der Waals surface area contributed by atoms with Crippen molar-refractivity contribution in [3.05, 3.63) is 35.4 Å². The van der Waals surface area contributed by atoms with Gasteiger partial charge in [-0.25, -0.2) is 8.78 Å². The molecular formula is C12H14F2NO. The van der Waals surface area contributed by atoms with Crippen molar-refractivity contribution in [2.24, 2.45) is 10.6 Å². The van der Waals surface area contributed by atoms with E-state index in [1.807, 2.05) is 20.8 Å². The predicted octanol–water partition coefficient (Wildman–Crippen LogP) is 3.39. The van der Waals surface area contributed by atoms with Crippen LogP contribution in [0.2, 0.25) is 0 Å². The Morgan fingerprint density at radius 2 is 1.75 bits per heavy atom. The van der Waals surface area contributed by atoms with Gasteiger partial charge >= 0.3 is 0 Å². The van der Waals surface area contributed by atoms with E-state index >= 15 is 0 Å². The maximum Gasteiger partial charge on any atom is 0.142 e. The van der Waals surface area contributed by atoms with Gasteiger partial charge in [-0.2, -0.15) is 0 Å². The molecule has 87 valence electrons. The van der Waals surface area contributed by atoms with E-state index in [-0.39, 0.29) is 12.0 Å². The number of nitrogens with zero attached hydrogens (tertiary/aromatic N) is 1. The Morgan fingerprint density at radius 1 is 1.19 bits per heavy atom. The Bertz CT molecular complexity index is 363. The predicted molar refractivity (Wildman–Crippen MR) is 58.0 cm³/mol. The van der Waals surface area contributed by atoms with Gasteiger partial charge in [0, 0.05) is 11.5 Å². The maximum atomic E-state index is 12.8. The minimum atomic E-state index is -0.623. The minimum Gasteiger partial charge on any atom is -0.391 e. The molecule has 0 aliphatic heterocycles. The number of halogens is 2. The molecule has 0 saturated heterocycles. The summed E-state index contributed by atoms with van der Waals surface area (Å²) in [4.78, 5) is 4.89. The molecule has 0 aromatic heterocycles. The highest BCUT2D eigenvalue weighted by molar-refractivity contribution is 5.63. The summed E-state index contributed by atoms with van der Waals surface area (Å²) in [7, 11) is 0. The van der Waals surface area contributed by atoms with Crippen LogP contribution < -0.4 is 0 Å². The molecule has 0 fully saturated rings. The van der Waals surface area contributed by atoms with Gasteiger partial charge in [0.15, 0.2) is 0 Å². The van der Waals surface area contributed by atoms with E-state index in [9.17, 15) is 8.78 Å². The Kier molecular flexibility index (Phi) is 3.99. The van der Waals surface area contributed by atoms with Crippen LogP contribution in [0.1, 0.15) is 26.3 Å². The van der Waals surface area contributed by atoms with E-state index in [0.29, 0.717) is 5.56 Å². The highest BCUT2D eigenvalue weighted by atomic mass is 19.1. The summed E-state index contributed by atoms with van der Waals surface area (Å²) in [5.74, 6) is -1.25. The first-order valence-corrected chi connectivity index (χ1v) is 4.91. The third-order valence-corrected chi connectivity index (χ3v) is 1.60. The fraction of sp³-hybridized carbons (Fsp3) is 0.417. The molecule has 16 heavy (non-hydrogen) atoms. The summed E-state index contributed by atoms with van der Waals surface area (Å²) in [6.07, 6.45) is 2.74. The van der Waals surface area contributed by atoms with Crippen LogP contribution in [-0.2, 0) is 11.4 Å². The average Bonchev–Trinajstić information content (AvgIpc) is 2.09. The van der Waals surface area contributed by atoms with Crippen LogP contribution in [0, 0.1) is 17.0 Å². The van der Waals surface area contributed by atoms with Crippen LogP contribution in [0.15, 0.2) is 23.4 Å². The first-order chi connectivity index (χ1) is 7.37. The molecular weight excluding hydrogens is 212 g/mol. The smallest absolute Gasteiger partial charge is 0.142 e. The van der Waals surface area contributed by atoms with Gasteiger partial charge in [-0.3, -0.25) is 0 Å². The Hall–Kier alpha value is -1.45. The Morgan fingerprint density at radius 3 is 2.25 bits per heavy atom. The van der Waals surface area contributed by atoms with Gasteiger partial charge < -0.3 is 4.84 Å². The molecule has 0 atom stereocenters. The van der Waals surface area contributed by atoms with Crippen LogP contribution in [0.5, 0.6) is 0 Å². The van der Waals surface area contributed by atoms with E-state index in [2.05, 4.69) is 11.4 Å². The van der Waals surface area contributed by atoms with Crippen molar-refractivity contribution in [1.29, 1.82) is 0 Å². The van der Waals surface area contributed by atoms with Crippen molar-refractivity contribution in [2.45, 2.75) is 27.4 Å². The zero-order chi connectivity index (χ0) is 12.2. The first-order valence-electron chi connectivity index (χ1n) is 4.91. The average molecular weight is 226 g/mol. The van der Waals surface area contributed by atoms with Gasteiger partial charge in [0.05, 0.1) is 0 Å². The lowest BCUT2D eigenvalue weighted by Crippen LogP contribution is -2.06. The van der Waals surface area contributed by atoms with Crippen molar-refractivity contribution in [3.63, 3.8) is 0 Å². The van der Waals surface area contributed by atoms with E-state index in [4.69, 9.17) is 4.84 Å². The molecule has 0 spiro atoms. The molecule has 1 rings (SSSR count). The monoisotopic (exact) mass is 226 g/mol. The second-order valence-electron chi connectivity index (χ2n) is 4.50. The molecule has 0 unspecified atom stereocenters. The van der Waals surface area contributed by atoms with Gasteiger partial charge in [-0.05, 0) is 17.7 Å². The Labute approximate surface area is 93.9 Å².